The van der Waals surface area contributed by atoms with Crippen LogP contribution in [0.1, 0.15) is 14.7 Å². The molecule has 0 fully saturated rings. The monoisotopic (exact) mass is 248 g/mol. The minimum Gasteiger partial charge on any atom is -0.332 e. The van der Waals surface area contributed by atoms with Gasteiger partial charge in [-0.2, -0.15) is 5.26 Å². The molecule has 0 aliphatic heterocycles. The van der Waals surface area contributed by atoms with E-state index in [9.17, 15) is 0 Å². The van der Waals surface area contributed by atoms with Crippen molar-refractivity contribution in [2.24, 2.45) is 0 Å². The van der Waals surface area contributed by atoms with Crippen LogP contribution < -0.4 is 0 Å². The number of hydrogen-bond acceptors (Lipinski definition) is 5. The molecule has 0 N–H and O–H groups in total. The molecule has 5 nitrogen and oxygen atoms in total. The molecule has 1 unspecified atom stereocenters. The molecule has 6 heteroatoms. The van der Waals surface area contributed by atoms with Gasteiger partial charge < -0.3 is 9.05 Å². The SMILES string of the molecule is [2H]CCOP(OCCC#N)C(N(C)C)N(C)C. The predicted octanol–water partition coefficient (Wildman–Crippen LogP) is 1.67. The summed E-state index contributed by atoms with van der Waals surface area (Å²) in [7, 11) is 6.68. The lowest BCUT2D eigenvalue weighted by Gasteiger charge is -2.35. The molecule has 0 saturated heterocycles. The summed E-state index contributed by atoms with van der Waals surface area (Å²) in [6.45, 7) is 0.947. The Labute approximate surface area is 101 Å². The maximum Gasteiger partial charge on any atom is 0.205 e. The molecule has 1 atom stereocenters. The van der Waals surface area contributed by atoms with E-state index < -0.39 is 8.38 Å². The summed E-state index contributed by atoms with van der Waals surface area (Å²) in [4.78, 5) is 4.03. The van der Waals surface area contributed by atoms with Crippen LogP contribution in [-0.2, 0) is 9.05 Å². The van der Waals surface area contributed by atoms with Crippen LogP contribution in [0.15, 0.2) is 0 Å². The molecule has 16 heavy (non-hydrogen) atoms. The highest BCUT2D eigenvalue weighted by Crippen LogP contribution is 2.45. The van der Waals surface area contributed by atoms with Crippen molar-refractivity contribution in [3.8, 4) is 6.07 Å². The first kappa shape index (κ1) is 13.8. The van der Waals surface area contributed by atoms with E-state index in [-0.39, 0.29) is 12.8 Å². The van der Waals surface area contributed by atoms with Gasteiger partial charge in [-0.05, 0) is 35.1 Å². The molecule has 0 aromatic heterocycles. The molecule has 0 rings (SSSR count). The van der Waals surface area contributed by atoms with Crippen molar-refractivity contribution in [2.75, 3.05) is 41.4 Å². The van der Waals surface area contributed by atoms with Gasteiger partial charge in [-0.15, -0.1) is 0 Å². The normalized spacial score (nSPS) is 14.2. The summed E-state index contributed by atoms with van der Waals surface area (Å²) in [5.41, 5.74) is 0. The molecule has 0 aromatic carbocycles. The second-order valence-corrected chi connectivity index (χ2v) is 5.18. The second kappa shape index (κ2) is 8.86. The standard InChI is InChI=1S/C10H22N3O2P/c1-6-14-16(15-9-7-8-11)10(12(2)3)13(4)5/h10H,6-7,9H2,1-5H3/i1D. The van der Waals surface area contributed by atoms with E-state index >= 15 is 0 Å². The molecular formula is C10H22N3O2P. The lowest BCUT2D eigenvalue weighted by molar-refractivity contribution is 0.153. The largest absolute Gasteiger partial charge is 0.332 e. The molecule has 0 spiro atoms. The Balaban J connectivity index is 4.44. The zero-order valence-electron chi connectivity index (χ0n) is 11.5. The molecule has 0 aliphatic rings. The minimum absolute atomic E-state index is 0.0234. The van der Waals surface area contributed by atoms with E-state index in [1.807, 2.05) is 44.1 Å². The van der Waals surface area contributed by atoms with E-state index in [1.54, 1.807) is 0 Å². The van der Waals surface area contributed by atoms with Crippen LogP contribution in [0, 0.1) is 11.3 Å². The van der Waals surface area contributed by atoms with Gasteiger partial charge in [0.2, 0.25) is 8.38 Å². The molecule has 94 valence electrons. The quantitative estimate of drug-likeness (QED) is 0.371. The molecule has 0 saturated carbocycles. The molecule has 0 aromatic rings. The Kier molecular flexibility index (Phi) is 7.65. The zero-order chi connectivity index (χ0) is 13.3. The molecule has 0 heterocycles. The number of nitrogens with zero attached hydrogens (tertiary/aromatic N) is 3. The van der Waals surface area contributed by atoms with Gasteiger partial charge in [-0.25, -0.2) is 0 Å². The first-order valence-corrected chi connectivity index (χ1v) is 6.33. The first-order chi connectivity index (χ1) is 8.04. The number of nitriles is 1. The fourth-order valence-corrected chi connectivity index (χ4v) is 2.83. The van der Waals surface area contributed by atoms with Gasteiger partial charge in [-0.3, -0.25) is 9.80 Å². The fourth-order valence-electron chi connectivity index (χ4n) is 1.28. The Morgan fingerprint density at radius 2 is 1.94 bits per heavy atom. The highest BCUT2D eigenvalue weighted by molar-refractivity contribution is 7.47. The third kappa shape index (κ3) is 5.74. The van der Waals surface area contributed by atoms with Gasteiger partial charge in [0.25, 0.3) is 0 Å². The van der Waals surface area contributed by atoms with Crippen LogP contribution in [0.2, 0.25) is 0 Å². The van der Waals surface area contributed by atoms with Crippen LogP contribution in [0.5, 0.6) is 0 Å². The minimum atomic E-state index is -1.14. The average molecular weight is 248 g/mol. The molecule has 0 aliphatic carbocycles. The third-order valence-electron chi connectivity index (χ3n) is 1.76. The smallest absolute Gasteiger partial charge is 0.205 e. The summed E-state index contributed by atoms with van der Waals surface area (Å²) < 4.78 is 18.3. The Morgan fingerprint density at radius 3 is 2.38 bits per heavy atom. The maximum atomic E-state index is 8.50. The van der Waals surface area contributed by atoms with Gasteiger partial charge >= 0.3 is 0 Å². The van der Waals surface area contributed by atoms with Crippen molar-refractivity contribution < 1.29 is 10.4 Å². The Hall–Kier alpha value is -0.240. The summed E-state index contributed by atoms with van der Waals surface area (Å²) in [5.74, 6) is 0.0234. The average Bonchev–Trinajstić information content (AvgIpc) is 2.24. The first-order valence-electron chi connectivity index (χ1n) is 5.79. The van der Waals surface area contributed by atoms with Gasteiger partial charge in [0.15, 0.2) is 0 Å². The van der Waals surface area contributed by atoms with E-state index in [0.29, 0.717) is 19.6 Å². The Bertz CT molecular complexity index is 228. The van der Waals surface area contributed by atoms with Crippen LogP contribution in [0.3, 0.4) is 0 Å². The second-order valence-electron chi connectivity index (χ2n) is 3.63. The van der Waals surface area contributed by atoms with E-state index in [4.69, 9.17) is 15.7 Å². The van der Waals surface area contributed by atoms with Crippen LogP contribution in [-0.4, -0.2) is 57.1 Å². The lowest BCUT2D eigenvalue weighted by Crippen LogP contribution is -2.39. The fraction of sp³-hybridized carbons (Fsp3) is 0.900. The molecule has 0 amide bonds. The van der Waals surface area contributed by atoms with E-state index in [0.717, 1.165) is 0 Å². The van der Waals surface area contributed by atoms with Crippen molar-refractivity contribution in [1.82, 2.24) is 9.80 Å². The van der Waals surface area contributed by atoms with Gasteiger partial charge in [0.05, 0.1) is 25.7 Å². The highest BCUT2D eigenvalue weighted by atomic mass is 31.2. The highest BCUT2D eigenvalue weighted by Gasteiger charge is 2.27. The number of hydrogen-bond donors (Lipinski definition) is 0. The van der Waals surface area contributed by atoms with Crippen molar-refractivity contribution in [2.45, 2.75) is 19.2 Å². The van der Waals surface area contributed by atoms with Gasteiger partial charge in [0, 0.05) is 1.37 Å². The van der Waals surface area contributed by atoms with Gasteiger partial charge in [0.1, 0.15) is 5.91 Å². The van der Waals surface area contributed by atoms with Crippen LogP contribution in [0.4, 0.5) is 0 Å². The van der Waals surface area contributed by atoms with Crippen molar-refractivity contribution in [3.63, 3.8) is 0 Å². The van der Waals surface area contributed by atoms with Crippen LogP contribution >= 0.6 is 8.38 Å². The summed E-state index contributed by atoms with van der Waals surface area (Å²) in [5, 5.41) is 8.50. The topological polar surface area (TPSA) is 48.7 Å². The number of rotatable bonds is 8. The summed E-state index contributed by atoms with van der Waals surface area (Å²) >= 11 is 0. The van der Waals surface area contributed by atoms with Gasteiger partial charge in [-0.1, -0.05) is 0 Å². The third-order valence-corrected chi connectivity index (χ3v) is 3.94. The van der Waals surface area contributed by atoms with Crippen LogP contribution in [0.25, 0.3) is 0 Å². The van der Waals surface area contributed by atoms with Crippen molar-refractivity contribution in [3.05, 3.63) is 0 Å². The molecule has 0 bridgehead atoms. The van der Waals surface area contributed by atoms with Crippen molar-refractivity contribution >= 4 is 8.38 Å². The van der Waals surface area contributed by atoms with E-state index in [1.165, 1.54) is 0 Å². The Morgan fingerprint density at radius 1 is 1.31 bits per heavy atom. The predicted molar refractivity (Wildman–Crippen MR) is 65.9 cm³/mol. The lowest BCUT2D eigenvalue weighted by atomic mass is 10.5. The van der Waals surface area contributed by atoms with E-state index in [2.05, 4.69) is 0 Å². The molecular weight excluding hydrogens is 225 g/mol. The summed E-state index contributed by atoms with van der Waals surface area (Å²) in [6.07, 6.45) is 0.358. The zero-order valence-corrected chi connectivity index (χ0v) is 11.4. The van der Waals surface area contributed by atoms with Crippen molar-refractivity contribution in [1.29, 1.82) is 5.26 Å². The maximum absolute atomic E-state index is 8.50. The molecule has 0 radical (unpaired) electrons. The summed E-state index contributed by atoms with van der Waals surface area (Å²) in [6, 6.07) is 2.04.